The first kappa shape index (κ1) is 15.2. The molecule has 0 saturated heterocycles. The fourth-order valence-corrected chi connectivity index (χ4v) is 3.11. The summed E-state index contributed by atoms with van der Waals surface area (Å²) in [6, 6.07) is 0.487. The zero-order chi connectivity index (χ0) is 14.7. The molecule has 0 aromatic carbocycles. The summed E-state index contributed by atoms with van der Waals surface area (Å²) in [4.78, 5) is 10.6. The first-order chi connectivity index (χ1) is 9.47. The van der Waals surface area contributed by atoms with E-state index in [0.717, 1.165) is 23.8 Å². The monoisotopic (exact) mass is 292 g/mol. The molecule has 0 amide bonds. The van der Waals surface area contributed by atoms with Crippen LogP contribution in [0.5, 0.6) is 0 Å². The summed E-state index contributed by atoms with van der Waals surface area (Å²) >= 11 is 1.76. The van der Waals surface area contributed by atoms with Crippen molar-refractivity contribution >= 4 is 11.3 Å². The lowest BCUT2D eigenvalue weighted by Gasteiger charge is -2.08. The molecule has 0 bridgehead atoms. The van der Waals surface area contributed by atoms with Crippen molar-refractivity contribution in [3.8, 4) is 10.8 Å². The van der Waals surface area contributed by atoms with Crippen molar-refractivity contribution in [1.29, 1.82) is 0 Å². The van der Waals surface area contributed by atoms with E-state index in [-0.39, 0.29) is 0 Å². The maximum absolute atomic E-state index is 4.83. The number of nitrogens with one attached hydrogen (secondary N) is 1. The third-order valence-corrected chi connectivity index (χ3v) is 4.16. The number of thiazole rings is 1. The SMILES string of the molecule is CC(C)Cc1nc(-c2nccn2C)sc1CNC(C)C. The Balaban J connectivity index is 2.29. The van der Waals surface area contributed by atoms with E-state index in [1.54, 1.807) is 11.3 Å². The summed E-state index contributed by atoms with van der Waals surface area (Å²) in [5.41, 5.74) is 1.22. The lowest BCUT2D eigenvalue weighted by Crippen LogP contribution is -2.22. The lowest BCUT2D eigenvalue weighted by atomic mass is 10.1. The van der Waals surface area contributed by atoms with Gasteiger partial charge in [-0.25, -0.2) is 9.97 Å². The lowest BCUT2D eigenvalue weighted by molar-refractivity contribution is 0.581. The molecule has 0 unspecified atom stereocenters. The van der Waals surface area contributed by atoms with Crippen LogP contribution in [-0.4, -0.2) is 20.6 Å². The highest BCUT2D eigenvalue weighted by atomic mass is 32.1. The zero-order valence-electron chi connectivity index (χ0n) is 13.0. The van der Waals surface area contributed by atoms with Crippen molar-refractivity contribution in [3.63, 3.8) is 0 Å². The molecule has 4 nitrogen and oxygen atoms in total. The minimum Gasteiger partial charge on any atom is -0.332 e. The van der Waals surface area contributed by atoms with Gasteiger partial charge in [-0.15, -0.1) is 11.3 Å². The molecule has 5 heteroatoms. The molecule has 2 aromatic heterocycles. The van der Waals surface area contributed by atoms with Crippen LogP contribution in [0.2, 0.25) is 0 Å². The van der Waals surface area contributed by atoms with E-state index in [0.29, 0.717) is 12.0 Å². The van der Waals surface area contributed by atoms with Gasteiger partial charge in [0.25, 0.3) is 0 Å². The van der Waals surface area contributed by atoms with Crippen molar-refractivity contribution in [2.45, 2.75) is 46.7 Å². The number of imidazole rings is 1. The van der Waals surface area contributed by atoms with E-state index in [9.17, 15) is 0 Å². The predicted molar refractivity (Wildman–Crippen MR) is 84.8 cm³/mol. The molecule has 0 fully saturated rings. The summed E-state index contributed by atoms with van der Waals surface area (Å²) < 4.78 is 2.03. The molecular weight excluding hydrogens is 268 g/mol. The first-order valence-corrected chi connectivity index (χ1v) is 7.98. The van der Waals surface area contributed by atoms with E-state index in [2.05, 4.69) is 38.0 Å². The Kier molecular flexibility index (Phi) is 4.94. The number of hydrogen-bond acceptors (Lipinski definition) is 4. The number of aromatic nitrogens is 3. The standard InChI is InChI=1S/C15H24N4S/c1-10(2)8-12-13(9-17-11(3)4)20-15(18-12)14-16-6-7-19(14)5/h6-7,10-11,17H,8-9H2,1-5H3. The maximum atomic E-state index is 4.83. The minimum absolute atomic E-state index is 0.487. The summed E-state index contributed by atoms with van der Waals surface area (Å²) in [7, 11) is 2.01. The van der Waals surface area contributed by atoms with Crippen LogP contribution in [0.25, 0.3) is 10.8 Å². The highest BCUT2D eigenvalue weighted by Crippen LogP contribution is 2.28. The Hall–Kier alpha value is -1.20. The van der Waals surface area contributed by atoms with Crippen LogP contribution in [0.4, 0.5) is 0 Å². The molecule has 0 saturated carbocycles. The van der Waals surface area contributed by atoms with Crippen LogP contribution >= 0.6 is 11.3 Å². The summed E-state index contributed by atoms with van der Waals surface area (Å²) in [6.45, 7) is 9.70. The maximum Gasteiger partial charge on any atom is 0.168 e. The average molecular weight is 292 g/mol. The summed E-state index contributed by atoms with van der Waals surface area (Å²) in [5.74, 6) is 1.57. The van der Waals surface area contributed by atoms with Crippen molar-refractivity contribution in [2.75, 3.05) is 0 Å². The van der Waals surface area contributed by atoms with Gasteiger partial charge in [0.2, 0.25) is 0 Å². The zero-order valence-corrected chi connectivity index (χ0v) is 13.8. The Bertz CT molecular complexity index is 554. The van der Waals surface area contributed by atoms with Gasteiger partial charge in [-0.05, 0) is 12.3 Å². The van der Waals surface area contributed by atoms with Gasteiger partial charge >= 0.3 is 0 Å². The van der Waals surface area contributed by atoms with Gasteiger partial charge in [-0.1, -0.05) is 27.7 Å². The molecule has 20 heavy (non-hydrogen) atoms. The molecule has 0 aliphatic rings. The molecular formula is C15H24N4S. The fraction of sp³-hybridized carbons (Fsp3) is 0.600. The number of aryl methyl sites for hydroxylation is 1. The predicted octanol–water partition coefficient (Wildman–Crippen LogP) is 3.24. The van der Waals surface area contributed by atoms with E-state index in [1.165, 1.54) is 10.6 Å². The van der Waals surface area contributed by atoms with Gasteiger partial charge in [0.1, 0.15) is 0 Å². The van der Waals surface area contributed by atoms with Gasteiger partial charge in [-0.2, -0.15) is 0 Å². The molecule has 0 spiro atoms. The van der Waals surface area contributed by atoms with Crippen molar-refractivity contribution in [1.82, 2.24) is 19.9 Å². The summed E-state index contributed by atoms with van der Waals surface area (Å²) in [5, 5.41) is 4.51. The van der Waals surface area contributed by atoms with Gasteiger partial charge in [0.15, 0.2) is 10.8 Å². The molecule has 0 atom stereocenters. The smallest absolute Gasteiger partial charge is 0.168 e. The van der Waals surface area contributed by atoms with E-state index in [4.69, 9.17) is 4.98 Å². The molecule has 0 aliphatic heterocycles. The molecule has 1 N–H and O–H groups in total. The number of hydrogen-bond donors (Lipinski definition) is 1. The first-order valence-electron chi connectivity index (χ1n) is 7.17. The number of rotatable bonds is 6. The van der Waals surface area contributed by atoms with E-state index in [1.807, 2.05) is 24.0 Å². The molecule has 2 rings (SSSR count). The Morgan fingerprint density at radius 1 is 1.30 bits per heavy atom. The second kappa shape index (κ2) is 6.50. The normalized spacial score (nSPS) is 11.8. The molecule has 2 aromatic rings. The van der Waals surface area contributed by atoms with Crippen LogP contribution in [0.15, 0.2) is 12.4 Å². The summed E-state index contributed by atoms with van der Waals surface area (Å²) in [6.07, 6.45) is 4.81. The van der Waals surface area contributed by atoms with Crippen LogP contribution < -0.4 is 5.32 Å². The topological polar surface area (TPSA) is 42.7 Å². The van der Waals surface area contributed by atoms with Crippen LogP contribution in [0, 0.1) is 5.92 Å². The fourth-order valence-electron chi connectivity index (χ4n) is 2.03. The van der Waals surface area contributed by atoms with Crippen molar-refractivity contribution in [3.05, 3.63) is 23.0 Å². The minimum atomic E-state index is 0.487. The van der Waals surface area contributed by atoms with Gasteiger partial charge in [0.05, 0.1) is 5.69 Å². The van der Waals surface area contributed by atoms with E-state index >= 15 is 0 Å². The van der Waals surface area contributed by atoms with Crippen LogP contribution in [0.3, 0.4) is 0 Å². The number of nitrogens with zero attached hydrogens (tertiary/aromatic N) is 3. The third-order valence-electron chi connectivity index (χ3n) is 3.06. The second-order valence-corrected chi connectivity index (χ2v) is 6.97. The van der Waals surface area contributed by atoms with Crippen molar-refractivity contribution < 1.29 is 0 Å². The Labute approximate surface area is 125 Å². The highest BCUT2D eigenvalue weighted by molar-refractivity contribution is 7.15. The van der Waals surface area contributed by atoms with Gasteiger partial charge in [-0.3, -0.25) is 0 Å². The van der Waals surface area contributed by atoms with Crippen molar-refractivity contribution in [2.24, 2.45) is 13.0 Å². The molecule has 0 aliphatic carbocycles. The third kappa shape index (κ3) is 3.67. The molecule has 2 heterocycles. The van der Waals surface area contributed by atoms with Gasteiger partial charge in [0, 0.05) is 36.9 Å². The van der Waals surface area contributed by atoms with Crippen LogP contribution in [-0.2, 0) is 20.0 Å². The van der Waals surface area contributed by atoms with E-state index < -0.39 is 0 Å². The second-order valence-electron chi connectivity index (χ2n) is 5.88. The highest BCUT2D eigenvalue weighted by Gasteiger charge is 2.16. The Morgan fingerprint density at radius 2 is 2.05 bits per heavy atom. The largest absolute Gasteiger partial charge is 0.332 e. The van der Waals surface area contributed by atoms with Gasteiger partial charge < -0.3 is 9.88 Å². The molecule has 110 valence electrons. The van der Waals surface area contributed by atoms with Crippen LogP contribution in [0.1, 0.15) is 38.3 Å². The molecule has 0 radical (unpaired) electrons. The average Bonchev–Trinajstić information content (AvgIpc) is 2.92. The Morgan fingerprint density at radius 3 is 2.60 bits per heavy atom. The quantitative estimate of drug-likeness (QED) is 0.889.